The third kappa shape index (κ3) is 3.85. The van der Waals surface area contributed by atoms with Gasteiger partial charge in [0.15, 0.2) is 0 Å². The molecule has 0 aliphatic heterocycles. The number of nitrogens with zero attached hydrogens (tertiary/aromatic N) is 2. The Bertz CT molecular complexity index is 862. The molecule has 2 heterocycles. The summed E-state index contributed by atoms with van der Waals surface area (Å²) in [4.78, 5) is 19.7. The molecule has 0 aliphatic rings. The number of halogens is 2. The zero-order valence-corrected chi connectivity index (χ0v) is 15.2. The van der Waals surface area contributed by atoms with Crippen LogP contribution in [0.4, 0.5) is 11.5 Å². The van der Waals surface area contributed by atoms with E-state index in [2.05, 4.69) is 15.3 Å². The number of hydrogen-bond donors (Lipinski definition) is 1. The third-order valence-corrected chi connectivity index (χ3v) is 5.60. The molecule has 8 heteroatoms. The van der Waals surface area contributed by atoms with Gasteiger partial charge in [0.05, 0.1) is 0 Å². The topological polar surface area (TPSA) is 64.1 Å². The second-order valence-corrected chi connectivity index (χ2v) is 7.55. The first-order valence-corrected chi connectivity index (χ1v) is 9.20. The van der Waals surface area contributed by atoms with E-state index in [9.17, 15) is 4.79 Å². The van der Waals surface area contributed by atoms with E-state index in [1.165, 1.54) is 0 Å². The van der Waals surface area contributed by atoms with Gasteiger partial charge in [-0.1, -0.05) is 0 Å². The predicted molar refractivity (Wildman–Crippen MR) is 92.2 cm³/mol. The van der Waals surface area contributed by atoms with Gasteiger partial charge in [0, 0.05) is 0 Å². The molecule has 0 saturated carbocycles. The number of nitrogens with one attached hydrogen (secondary N) is 1. The van der Waals surface area contributed by atoms with Gasteiger partial charge in [0.1, 0.15) is 0 Å². The zero-order chi connectivity index (χ0) is 16.4. The van der Waals surface area contributed by atoms with Gasteiger partial charge in [-0.05, 0) is 0 Å². The molecule has 0 radical (unpaired) electrons. The Kier molecular flexibility index (Phi) is 4.87. The number of benzene rings is 1. The van der Waals surface area contributed by atoms with Gasteiger partial charge in [-0.25, -0.2) is 0 Å². The Morgan fingerprint density at radius 3 is 2.83 bits per heavy atom. The van der Waals surface area contributed by atoms with Gasteiger partial charge < -0.3 is 0 Å². The quantitative estimate of drug-likeness (QED) is 0.303. The van der Waals surface area contributed by atoms with E-state index < -0.39 is 0 Å². The summed E-state index contributed by atoms with van der Waals surface area (Å²) in [6, 6.07) is 9.33. The van der Waals surface area contributed by atoms with Crippen molar-refractivity contribution in [2.24, 2.45) is 0 Å². The van der Waals surface area contributed by atoms with Crippen LogP contribution in [0.25, 0.3) is 9.65 Å². The first kappa shape index (κ1) is 16.3. The molecule has 0 atom stereocenters. The number of fused-ring (bicyclic) bond motifs is 1. The molecule has 23 heavy (non-hydrogen) atoms. The molecule has 0 amide bonds. The van der Waals surface area contributed by atoms with Gasteiger partial charge in [-0.15, -0.1) is 0 Å². The maximum absolute atomic E-state index is 11.8. The second kappa shape index (κ2) is 6.89. The fourth-order valence-corrected chi connectivity index (χ4v) is 4.40. The summed E-state index contributed by atoms with van der Waals surface area (Å²) in [5.74, 6) is 0.264. The fraction of sp³-hybridized carbons (Fsp3) is 0.133. The zero-order valence-electron chi connectivity index (χ0n) is 12.0. The maximum atomic E-state index is 11.8. The van der Waals surface area contributed by atoms with Crippen LogP contribution < -0.4 is 5.32 Å². The number of carbonyl (C=O) groups is 1. The van der Waals surface area contributed by atoms with Crippen LogP contribution in [0.3, 0.4) is 0 Å². The Balaban J connectivity index is 1.89. The van der Waals surface area contributed by atoms with E-state index in [-0.39, 0.29) is 30.9 Å². The third-order valence-electron chi connectivity index (χ3n) is 2.93. The Morgan fingerprint density at radius 2 is 2.09 bits per heavy atom. The number of anilines is 2. The monoisotopic (exact) mass is 415 g/mol. The number of ether oxygens (including phenoxy) is 1. The standard InChI is InChI=1S/C15H11Cl2N3O2Se/c1-2-22-14(21)11-6-8-5-9(3-4-10(8)23-11)18-13-7-12(16)19-15(17)20-13/h3-7H,2H2,1H3,(H,18,19,20). The predicted octanol–water partition coefficient (Wildman–Crippen LogP) is 3.91. The summed E-state index contributed by atoms with van der Waals surface area (Å²) >= 11 is 11.6. The molecular formula is C15H11Cl2N3O2Se. The Hall–Kier alpha value is -1.59. The molecule has 1 aromatic carbocycles. The molecule has 0 spiro atoms. The number of aromatic nitrogens is 2. The molecule has 3 rings (SSSR count). The molecule has 5 nitrogen and oxygen atoms in total. The Labute approximate surface area is 148 Å². The average molecular weight is 415 g/mol. The summed E-state index contributed by atoms with van der Waals surface area (Å²) in [7, 11) is 0. The molecule has 0 saturated heterocycles. The second-order valence-electron chi connectivity index (χ2n) is 4.55. The van der Waals surface area contributed by atoms with E-state index in [0.717, 1.165) is 19.8 Å². The molecule has 118 valence electrons. The molecule has 1 N–H and O–H groups in total. The van der Waals surface area contributed by atoms with Crippen LogP contribution in [-0.2, 0) is 4.74 Å². The van der Waals surface area contributed by atoms with E-state index in [0.29, 0.717) is 12.4 Å². The van der Waals surface area contributed by atoms with Gasteiger partial charge in [0.2, 0.25) is 0 Å². The van der Waals surface area contributed by atoms with E-state index in [4.69, 9.17) is 27.9 Å². The van der Waals surface area contributed by atoms with Crippen LogP contribution in [0.2, 0.25) is 10.4 Å². The fourth-order valence-electron chi connectivity index (χ4n) is 2.03. The minimum atomic E-state index is -0.243. The average Bonchev–Trinajstić information content (AvgIpc) is 2.89. The number of esters is 1. The van der Waals surface area contributed by atoms with Crippen molar-refractivity contribution in [3.8, 4) is 0 Å². The first-order chi connectivity index (χ1) is 11.0. The molecule has 0 unspecified atom stereocenters. The van der Waals surface area contributed by atoms with Crippen LogP contribution in [0.15, 0.2) is 30.3 Å². The number of hydrogen-bond acceptors (Lipinski definition) is 5. The first-order valence-electron chi connectivity index (χ1n) is 6.73. The molecule has 0 aliphatic carbocycles. The van der Waals surface area contributed by atoms with Crippen LogP contribution in [0.5, 0.6) is 0 Å². The van der Waals surface area contributed by atoms with Crippen molar-refractivity contribution in [3.63, 3.8) is 0 Å². The molecular weight excluding hydrogens is 404 g/mol. The van der Waals surface area contributed by atoms with Gasteiger partial charge in [-0.2, -0.15) is 0 Å². The van der Waals surface area contributed by atoms with Gasteiger partial charge in [-0.3, -0.25) is 0 Å². The summed E-state index contributed by atoms with van der Waals surface area (Å²) in [5.41, 5.74) is 0.826. The van der Waals surface area contributed by atoms with Crippen LogP contribution in [0.1, 0.15) is 16.2 Å². The van der Waals surface area contributed by atoms with Crippen molar-refractivity contribution < 1.29 is 9.53 Å². The van der Waals surface area contributed by atoms with Crippen molar-refractivity contribution >= 4 is 64.8 Å². The summed E-state index contributed by atoms with van der Waals surface area (Å²) < 4.78 is 6.92. The number of rotatable bonds is 4. The van der Waals surface area contributed by atoms with E-state index in [1.807, 2.05) is 24.3 Å². The van der Waals surface area contributed by atoms with Crippen LogP contribution >= 0.6 is 23.2 Å². The summed E-state index contributed by atoms with van der Waals surface area (Å²) in [5, 5.41) is 4.47. The van der Waals surface area contributed by atoms with E-state index >= 15 is 0 Å². The van der Waals surface area contributed by atoms with Crippen LogP contribution in [0, 0.1) is 0 Å². The van der Waals surface area contributed by atoms with Crippen molar-refractivity contribution in [1.82, 2.24) is 9.97 Å². The molecule has 2 aromatic heterocycles. The normalized spacial score (nSPS) is 10.7. The van der Waals surface area contributed by atoms with Crippen LogP contribution in [-0.4, -0.2) is 37.0 Å². The SMILES string of the molecule is CCOC(=O)c1cc2cc(Nc3cc(Cl)nc(Cl)n3)ccc2[se]1. The minimum absolute atomic E-state index is 0.0261. The number of carbonyl (C=O) groups excluding carboxylic acids is 1. The van der Waals surface area contributed by atoms with Crippen molar-refractivity contribution in [2.45, 2.75) is 6.92 Å². The summed E-state index contributed by atoms with van der Waals surface area (Å²) in [6.45, 7) is 2.18. The van der Waals surface area contributed by atoms with Crippen molar-refractivity contribution in [1.29, 1.82) is 0 Å². The van der Waals surface area contributed by atoms with E-state index in [1.54, 1.807) is 13.0 Å². The van der Waals surface area contributed by atoms with Gasteiger partial charge >= 0.3 is 148 Å². The summed E-state index contributed by atoms with van der Waals surface area (Å²) in [6.07, 6.45) is 0. The molecule has 3 aromatic rings. The van der Waals surface area contributed by atoms with Crippen molar-refractivity contribution in [3.05, 3.63) is 45.2 Å². The van der Waals surface area contributed by atoms with Gasteiger partial charge in [0.25, 0.3) is 0 Å². The Morgan fingerprint density at radius 1 is 1.26 bits per heavy atom. The molecule has 0 fully saturated rings. The molecule has 0 bridgehead atoms. The van der Waals surface area contributed by atoms with Crippen molar-refractivity contribution in [2.75, 3.05) is 11.9 Å².